The Morgan fingerprint density at radius 3 is 2.64 bits per heavy atom. The van der Waals surface area contributed by atoms with Gasteiger partial charge in [0.1, 0.15) is 23.0 Å². The first-order chi connectivity index (χ1) is 15.5. The first-order valence-electron chi connectivity index (χ1n) is 9.94. The molecule has 1 aromatic carbocycles. The Morgan fingerprint density at radius 2 is 1.94 bits per heavy atom. The van der Waals surface area contributed by atoms with Crippen LogP contribution in [-0.2, 0) is 11.0 Å². The Bertz CT molecular complexity index is 1200. The number of allylic oxidation sites excluding steroid dienone is 3. The maximum Gasteiger partial charge on any atom is 0.421 e. The Balaban J connectivity index is 1.69. The molecule has 0 radical (unpaired) electrons. The first-order valence-corrected chi connectivity index (χ1v) is 9.94. The molecule has 2 heterocycles. The predicted molar refractivity (Wildman–Crippen MR) is 109 cm³/mol. The zero-order valence-electron chi connectivity index (χ0n) is 17.5. The third-order valence-corrected chi connectivity index (χ3v) is 5.70. The second-order valence-electron chi connectivity index (χ2n) is 7.95. The van der Waals surface area contributed by atoms with Gasteiger partial charge in [0.05, 0.1) is 17.8 Å². The summed E-state index contributed by atoms with van der Waals surface area (Å²) < 4.78 is 73.0. The van der Waals surface area contributed by atoms with E-state index in [1.807, 2.05) is 0 Å². The highest BCUT2D eigenvalue weighted by Gasteiger charge is 2.46. The molecule has 2 atom stereocenters. The molecule has 0 fully saturated rings. The van der Waals surface area contributed by atoms with Crippen LogP contribution in [0.15, 0.2) is 65.1 Å². The van der Waals surface area contributed by atoms with Crippen molar-refractivity contribution in [2.75, 3.05) is 0 Å². The van der Waals surface area contributed by atoms with Crippen molar-refractivity contribution in [3.05, 3.63) is 82.9 Å². The zero-order chi connectivity index (χ0) is 24.0. The summed E-state index contributed by atoms with van der Waals surface area (Å²) in [6.45, 7) is 3.25. The second kappa shape index (κ2) is 8.09. The molecule has 2 aliphatic rings. The van der Waals surface area contributed by atoms with Crippen molar-refractivity contribution in [3.8, 4) is 5.88 Å². The molecule has 1 amide bonds. The number of alkyl halides is 3. The summed E-state index contributed by atoms with van der Waals surface area (Å²) in [5.74, 6) is -2.52. The number of fused-ring (bicyclic) bond motifs is 1. The molecule has 33 heavy (non-hydrogen) atoms. The van der Waals surface area contributed by atoms with Crippen molar-refractivity contribution in [2.45, 2.75) is 32.5 Å². The lowest BCUT2D eigenvalue weighted by molar-refractivity contribution is -0.139. The van der Waals surface area contributed by atoms with E-state index in [0.717, 1.165) is 24.3 Å². The van der Waals surface area contributed by atoms with E-state index in [9.17, 15) is 26.7 Å². The Kier molecular flexibility index (Phi) is 5.55. The van der Waals surface area contributed by atoms with Crippen LogP contribution in [0.4, 0.5) is 22.0 Å². The van der Waals surface area contributed by atoms with E-state index in [2.05, 4.69) is 9.98 Å². The van der Waals surface area contributed by atoms with Crippen LogP contribution in [0.5, 0.6) is 5.88 Å². The lowest BCUT2D eigenvalue weighted by atomic mass is 9.76. The van der Waals surface area contributed by atoms with Gasteiger partial charge in [-0.25, -0.2) is 18.8 Å². The predicted octanol–water partition coefficient (Wildman–Crippen LogP) is 5.57. The largest absolute Gasteiger partial charge is 0.443 e. The van der Waals surface area contributed by atoms with Gasteiger partial charge in [-0.3, -0.25) is 4.79 Å². The maximum atomic E-state index is 14.4. The monoisotopic (exact) mass is 463 g/mol. The van der Waals surface area contributed by atoms with Crippen LogP contribution < -0.4 is 4.74 Å². The molecule has 10 heteroatoms. The topological polar surface area (TPSA) is 54.8 Å². The molecule has 172 valence electrons. The average molecular weight is 463 g/mol. The number of hydrogen-bond acceptors (Lipinski definition) is 4. The molecule has 0 saturated carbocycles. The van der Waals surface area contributed by atoms with Gasteiger partial charge in [0.15, 0.2) is 0 Å². The number of hydrogen-bond donors (Lipinski definition) is 0. The number of nitrogens with zero attached hydrogens (tertiary/aromatic N) is 3. The average Bonchev–Trinajstić information content (AvgIpc) is 2.74. The van der Waals surface area contributed by atoms with Gasteiger partial charge in [-0.2, -0.15) is 13.2 Å². The van der Waals surface area contributed by atoms with Gasteiger partial charge in [0, 0.05) is 29.9 Å². The molecule has 5 nitrogen and oxygen atoms in total. The van der Waals surface area contributed by atoms with Crippen LogP contribution in [0.3, 0.4) is 0 Å². The van der Waals surface area contributed by atoms with Gasteiger partial charge in [-0.15, -0.1) is 0 Å². The van der Waals surface area contributed by atoms with Crippen molar-refractivity contribution < 1.29 is 31.5 Å². The fraction of sp³-hybridized carbons (Fsp3) is 0.261. The fourth-order valence-corrected chi connectivity index (χ4v) is 3.91. The van der Waals surface area contributed by atoms with Crippen molar-refractivity contribution in [1.29, 1.82) is 0 Å². The third kappa shape index (κ3) is 4.12. The molecule has 0 bridgehead atoms. The van der Waals surface area contributed by atoms with E-state index < -0.39 is 46.6 Å². The number of carbonyl (C=O) groups is 1. The highest BCUT2D eigenvalue weighted by Crippen LogP contribution is 2.46. The summed E-state index contributed by atoms with van der Waals surface area (Å²) in [6.07, 6.45) is 0.657. The summed E-state index contributed by atoms with van der Waals surface area (Å²) in [7, 11) is 0. The smallest absolute Gasteiger partial charge is 0.421 e. The first kappa shape index (κ1) is 22.6. The molecule has 1 aliphatic heterocycles. The molecule has 1 aromatic heterocycles. The number of carbonyl (C=O) groups excluding carboxylic acids is 1. The van der Waals surface area contributed by atoms with E-state index >= 15 is 0 Å². The fourth-order valence-electron chi connectivity index (χ4n) is 3.91. The summed E-state index contributed by atoms with van der Waals surface area (Å²) in [5.41, 5.74) is -1.66. The summed E-state index contributed by atoms with van der Waals surface area (Å²) >= 11 is 0. The third-order valence-electron chi connectivity index (χ3n) is 5.70. The van der Waals surface area contributed by atoms with Gasteiger partial charge in [0.2, 0.25) is 5.88 Å². The van der Waals surface area contributed by atoms with Crippen LogP contribution in [0.1, 0.15) is 37.4 Å². The van der Waals surface area contributed by atoms with Gasteiger partial charge in [-0.05, 0) is 44.2 Å². The molecule has 2 aromatic rings. The Labute approximate surface area is 185 Å². The Hall–Kier alpha value is -3.56. The minimum Gasteiger partial charge on any atom is -0.443 e. The molecule has 1 aliphatic carbocycles. The van der Waals surface area contributed by atoms with Crippen molar-refractivity contribution in [2.24, 2.45) is 10.4 Å². The number of aliphatic imine (C=N–C) groups is 1. The van der Waals surface area contributed by atoms with Crippen molar-refractivity contribution >= 4 is 12.2 Å². The number of aromatic nitrogens is 1. The molecule has 2 unspecified atom stereocenters. The van der Waals surface area contributed by atoms with Crippen LogP contribution in [0.25, 0.3) is 0 Å². The number of amides is 1. The molecule has 0 saturated heterocycles. The van der Waals surface area contributed by atoms with Gasteiger partial charge in [-0.1, -0.05) is 6.07 Å². The number of ether oxygens (including phenoxy) is 1. The highest BCUT2D eigenvalue weighted by atomic mass is 19.4. The van der Waals surface area contributed by atoms with Gasteiger partial charge in [0.25, 0.3) is 5.91 Å². The summed E-state index contributed by atoms with van der Waals surface area (Å²) in [4.78, 5) is 21.9. The van der Waals surface area contributed by atoms with Crippen LogP contribution >= 0.6 is 0 Å². The van der Waals surface area contributed by atoms with Crippen LogP contribution in [-0.4, -0.2) is 22.1 Å². The number of rotatable bonds is 4. The Morgan fingerprint density at radius 1 is 1.18 bits per heavy atom. The number of pyridine rings is 1. The van der Waals surface area contributed by atoms with Crippen LogP contribution in [0.2, 0.25) is 0 Å². The van der Waals surface area contributed by atoms with E-state index in [1.165, 1.54) is 30.8 Å². The highest BCUT2D eigenvalue weighted by molar-refractivity contribution is 5.95. The van der Waals surface area contributed by atoms with Gasteiger partial charge < -0.3 is 9.64 Å². The molecule has 0 N–H and O–H groups in total. The van der Waals surface area contributed by atoms with E-state index in [-0.39, 0.29) is 17.7 Å². The minimum atomic E-state index is -4.67. The molecule has 0 spiro atoms. The van der Waals surface area contributed by atoms with E-state index in [4.69, 9.17) is 4.74 Å². The zero-order valence-corrected chi connectivity index (χ0v) is 17.5. The number of halogens is 5. The van der Waals surface area contributed by atoms with Gasteiger partial charge >= 0.3 is 6.18 Å². The quantitative estimate of drug-likeness (QED) is 0.557. The van der Waals surface area contributed by atoms with E-state index in [1.54, 1.807) is 18.7 Å². The molecular formula is C23H18F5N3O2. The summed E-state index contributed by atoms with van der Waals surface area (Å²) in [5, 5.41) is 0. The standard InChI is InChI=1S/C23H18F5N3O2/c1-13(16-7-5-14(24)10-18(16)25)31-12-30-21(32)22(2)11-15(6-8-19(22)31)33-20-17(23(26,27)28)4-3-9-29-20/h3-10,12-13H,11H2,1-2H3. The van der Waals surface area contributed by atoms with E-state index in [0.29, 0.717) is 5.70 Å². The molecule has 4 rings (SSSR count). The second-order valence-corrected chi connectivity index (χ2v) is 7.95. The van der Waals surface area contributed by atoms with Crippen molar-refractivity contribution in [1.82, 2.24) is 9.88 Å². The minimum absolute atomic E-state index is 0.0853. The lowest BCUT2D eigenvalue weighted by Gasteiger charge is -2.43. The summed E-state index contributed by atoms with van der Waals surface area (Å²) in [6, 6.07) is 4.57. The lowest BCUT2D eigenvalue weighted by Crippen LogP contribution is -2.44. The normalized spacial score (nSPS) is 21.3. The van der Waals surface area contributed by atoms with Crippen molar-refractivity contribution in [3.63, 3.8) is 0 Å². The molecular weight excluding hydrogens is 445 g/mol. The van der Waals surface area contributed by atoms with Crippen LogP contribution in [0, 0.1) is 17.0 Å². The maximum absolute atomic E-state index is 14.4. The number of benzene rings is 1. The SMILES string of the molecule is CC(c1ccc(F)cc1F)N1C=NC(=O)C2(C)CC(Oc3ncccc3C(F)(F)F)=CC=C12.